The SMILES string of the molecule is COc1cc(Cl)ccc1C(=O)N1CCOCC1CBr. The van der Waals surface area contributed by atoms with Crippen molar-refractivity contribution in [3.05, 3.63) is 28.8 Å². The molecule has 4 nitrogen and oxygen atoms in total. The van der Waals surface area contributed by atoms with Gasteiger partial charge in [0.2, 0.25) is 0 Å². The molecule has 2 rings (SSSR count). The summed E-state index contributed by atoms with van der Waals surface area (Å²) in [6.07, 6.45) is 0. The van der Waals surface area contributed by atoms with Gasteiger partial charge in [0.05, 0.1) is 31.9 Å². The van der Waals surface area contributed by atoms with Crippen LogP contribution in [0.15, 0.2) is 18.2 Å². The average molecular weight is 349 g/mol. The Labute approximate surface area is 125 Å². The highest BCUT2D eigenvalue weighted by Gasteiger charge is 2.28. The first kappa shape index (κ1) is 14.6. The first-order valence-corrected chi connectivity index (χ1v) is 7.45. The number of alkyl halides is 1. The van der Waals surface area contributed by atoms with Gasteiger partial charge in [-0.15, -0.1) is 0 Å². The van der Waals surface area contributed by atoms with Crippen molar-refractivity contribution in [2.45, 2.75) is 6.04 Å². The van der Waals surface area contributed by atoms with Crippen molar-refractivity contribution in [2.24, 2.45) is 0 Å². The molecule has 0 aliphatic carbocycles. The van der Waals surface area contributed by atoms with Crippen LogP contribution < -0.4 is 4.74 Å². The summed E-state index contributed by atoms with van der Waals surface area (Å²) < 4.78 is 10.6. The number of hydrogen-bond donors (Lipinski definition) is 0. The van der Waals surface area contributed by atoms with Crippen LogP contribution in [0.5, 0.6) is 5.75 Å². The summed E-state index contributed by atoms with van der Waals surface area (Å²) in [6, 6.07) is 5.09. The summed E-state index contributed by atoms with van der Waals surface area (Å²) >= 11 is 9.32. The normalized spacial score (nSPS) is 19.3. The second kappa shape index (κ2) is 6.59. The maximum absolute atomic E-state index is 12.6. The monoisotopic (exact) mass is 347 g/mol. The Morgan fingerprint density at radius 1 is 1.63 bits per heavy atom. The van der Waals surface area contributed by atoms with Crippen LogP contribution in [0.2, 0.25) is 5.02 Å². The molecule has 0 radical (unpaired) electrons. The number of ether oxygens (including phenoxy) is 2. The zero-order chi connectivity index (χ0) is 13.8. The zero-order valence-electron chi connectivity index (χ0n) is 10.6. The van der Waals surface area contributed by atoms with Gasteiger partial charge in [-0.1, -0.05) is 27.5 Å². The molecule has 1 unspecified atom stereocenters. The molecule has 1 fully saturated rings. The van der Waals surface area contributed by atoms with Crippen LogP contribution in [-0.4, -0.2) is 49.0 Å². The summed E-state index contributed by atoms with van der Waals surface area (Å²) in [5, 5.41) is 1.24. The van der Waals surface area contributed by atoms with Crippen LogP contribution >= 0.6 is 27.5 Å². The van der Waals surface area contributed by atoms with E-state index in [-0.39, 0.29) is 11.9 Å². The van der Waals surface area contributed by atoms with Gasteiger partial charge in [-0.3, -0.25) is 4.79 Å². The molecule has 1 heterocycles. The highest BCUT2D eigenvalue weighted by atomic mass is 79.9. The fourth-order valence-electron chi connectivity index (χ4n) is 2.05. The van der Waals surface area contributed by atoms with Crippen LogP contribution in [0.3, 0.4) is 0 Å². The lowest BCUT2D eigenvalue weighted by atomic mass is 10.1. The largest absolute Gasteiger partial charge is 0.496 e. The third-order valence-electron chi connectivity index (χ3n) is 3.06. The number of hydrogen-bond acceptors (Lipinski definition) is 3. The zero-order valence-corrected chi connectivity index (χ0v) is 12.9. The van der Waals surface area contributed by atoms with E-state index >= 15 is 0 Å². The second-order valence-electron chi connectivity index (χ2n) is 4.23. The first-order valence-electron chi connectivity index (χ1n) is 5.95. The molecule has 1 atom stereocenters. The number of rotatable bonds is 3. The van der Waals surface area contributed by atoms with Crippen molar-refractivity contribution in [3.8, 4) is 5.75 Å². The molecule has 0 spiro atoms. The average Bonchev–Trinajstić information content (AvgIpc) is 2.46. The Morgan fingerprint density at radius 3 is 3.11 bits per heavy atom. The van der Waals surface area contributed by atoms with Gasteiger partial charge in [0, 0.05) is 16.9 Å². The van der Waals surface area contributed by atoms with Gasteiger partial charge in [0.25, 0.3) is 5.91 Å². The lowest BCUT2D eigenvalue weighted by Crippen LogP contribution is -2.49. The van der Waals surface area contributed by atoms with E-state index < -0.39 is 0 Å². The van der Waals surface area contributed by atoms with Crippen LogP contribution in [0.4, 0.5) is 0 Å². The number of morpholine rings is 1. The molecule has 19 heavy (non-hydrogen) atoms. The lowest BCUT2D eigenvalue weighted by Gasteiger charge is -2.34. The molecule has 0 saturated carbocycles. The Morgan fingerprint density at radius 2 is 2.42 bits per heavy atom. The summed E-state index contributed by atoms with van der Waals surface area (Å²) in [4.78, 5) is 14.4. The van der Waals surface area contributed by atoms with Gasteiger partial charge < -0.3 is 14.4 Å². The van der Waals surface area contributed by atoms with Crippen LogP contribution in [0.25, 0.3) is 0 Å². The summed E-state index contributed by atoms with van der Waals surface area (Å²) in [5.74, 6) is 0.443. The standard InChI is InChI=1S/C13H15BrClNO3/c1-18-12-6-9(15)2-3-11(12)13(17)16-4-5-19-8-10(16)7-14/h2-3,6,10H,4-5,7-8H2,1H3. The van der Waals surface area contributed by atoms with E-state index in [4.69, 9.17) is 21.1 Å². The maximum Gasteiger partial charge on any atom is 0.258 e. The predicted octanol–water partition coefficient (Wildman–Crippen LogP) is 2.58. The van der Waals surface area contributed by atoms with E-state index in [0.717, 1.165) is 0 Å². The number of carbonyl (C=O) groups excluding carboxylic acids is 1. The van der Waals surface area contributed by atoms with Crippen molar-refractivity contribution in [1.29, 1.82) is 0 Å². The van der Waals surface area contributed by atoms with Gasteiger partial charge in [-0.2, -0.15) is 0 Å². The highest BCUT2D eigenvalue weighted by Crippen LogP contribution is 2.25. The minimum Gasteiger partial charge on any atom is -0.496 e. The van der Waals surface area contributed by atoms with E-state index in [2.05, 4.69) is 15.9 Å². The van der Waals surface area contributed by atoms with Crippen molar-refractivity contribution in [3.63, 3.8) is 0 Å². The van der Waals surface area contributed by atoms with Gasteiger partial charge >= 0.3 is 0 Å². The molecule has 1 aromatic carbocycles. The summed E-state index contributed by atoms with van der Waals surface area (Å²) in [6.45, 7) is 1.69. The quantitative estimate of drug-likeness (QED) is 0.788. The lowest BCUT2D eigenvalue weighted by molar-refractivity contribution is 0.00509. The Balaban J connectivity index is 2.27. The molecule has 104 valence electrons. The Bertz CT molecular complexity index is 469. The third-order valence-corrected chi connectivity index (χ3v) is 4.04. The van der Waals surface area contributed by atoms with Gasteiger partial charge in [0.1, 0.15) is 5.75 Å². The number of amides is 1. The molecular formula is C13H15BrClNO3. The van der Waals surface area contributed by atoms with Crippen molar-refractivity contribution in [1.82, 2.24) is 4.90 Å². The van der Waals surface area contributed by atoms with Gasteiger partial charge in [-0.05, 0) is 18.2 Å². The first-order chi connectivity index (χ1) is 9.17. The topological polar surface area (TPSA) is 38.8 Å². The molecule has 1 saturated heterocycles. The van der Waals surface area contributed by atoms with Crippen LogP contribution in [-0.2, 0) is 4.74 Å². The Hall–Kier alpha value is -0.780. The minimum absolute atomic E-state index is 0.0432. The number of carbonyl (C=O) groups is 1. The Kier molecular flexibility index (Phi) is 5.07. The van der Waals surface area contributed by atoms with E-state index in [1.807, 2.05) is 4.90 Å². The fraction of sp³-hybridized carbons (Fsp3) is 0.462. The molecular weight excluding hydrogens is 334 g/mol. The van der Waals surface area contributed by atoms with Crippen molar-refractivity contribution >= 4 is 33.4 Å². The summed E-state index contributed by atoms with van der Waals surface area (Å²) in [5.41, 5.74) is 0.528. The van der Waals surface area contributed by atoms with E-state index in [9.17, 15) is 4.79 Å². The molecule has 0 aromatic heterocycles. The molecule has 6 heteroatoms. The number of nitrogens with zero attached hydrogens (tertiary/aromatic N) is 1. The molecule has 1 aliphatic rings. The fourth-order valence-corrected chi connectivity index (χ4v) is 2.75. The van der Waals surface area contributed by atoms with Crippen LogP contribution in [0.1, 0.15) is 10.4 Å². The molecule has 0 N–H and O–H groups in total. The van der Waals surface area contributed by atoms with E-state index in [1.54, 1.807) is 18.2 Å². The number of halogens is 2. The maximum atomic E-state index is 12.6. The smallest absolute Gasteiger partial charge is 0.258 e. The van der Waals surface area contributed by atoms with Crippen LogP contribution in [0, 0.1) is 0 Å². The van der Waals surface area contributed by atoms with E-state index in [0.29, 0.717) is 41.4 Å². The predicted molar refractivity (Wildman–Crippen MR) is 77.4 cm³/mol. The van der Waals surface area contributed by atoms with Crippen molar-refractivity contribution < 1.29 is 14.3 Å². The summed E-state index contributed by atoms with van der Waals surface area (Å²) in [7, 11) is 1.53. The number of methoxy groups -OCH3 is 1. The molecule has 0 bridgehead atoms. The second-order valence-corrected chi connectivity index (χ2v) is 5.31. The third kappa shape index (κ3) is 3.22. The molecule has 1 amide bonds. The molecule has 1 aliphatic heterocycles. The number of benzene rings is 1. The van der Waals surface area contributed by atoms with E-state index in [1.165, 1.54) is 7.11 Å². The molecule has 1 aromatic rings. The highest BCUT2D eigenvalue weighted by molar-refractivity contribution is 9.09. The minimum atomic E-state index is -0.0544. The van der Waals surface area contributed by atoms with Gasteiger partial charge in [-0.25, -0.2) is 0 Å². The van der Waals surface area contributed by atoms with Crippen molar-refractivity contribution in [2.75, 3.05) is 32.2 Å². The van der Waals surface area contributed by atoms with Gasteiger partial charge in [0.15, 0.2) is 0 Å².